The average Bonchev–Trinajstić information content (AvgIpc) is 3.52. The molecular weight excluding hydrogens is 392 g/mol. The third-order valence-corrected chi connectivity index (χ3v) is 5.69. The Bertz CT molecular complexity index is 1000. The Kier molecular flexibility index (Phi) is 5.26. The third kappa shape index (κ3) is 3.47. The van der Waals surface area contributed by atoms with Gasteiger partial charge in [-0.05, 0) is 35.7 Å². The second kappa shape index (κ2) is 8.00. The molecule has 0 saturated heterocycles. The highest BCUT2D eigenvalue weighted by molar-refractivity contribution is 7.10. The van der Waals surface area contributed by atoms with E-state index in [4.69, 9.17) is 18.6 Å². The number of furan rings is 1. The number of ether oxygens (including phenoxy) is 3. The van der Waals surface area contributed by atoms with Crippen LogP contribution in [0.3, 0.4) is 0 Å². The third-order valence-electron chi connectivity index (χ3n) is 4.72. The second-order valence-corrected chi connectivity index (χ2v) is 7.30. The molecule has 0 spiro atoms. The van der Waals surface area contributed by atoms with Crippen LogP contribution in [0.4, 0.5) is 0 Å². The van der Waals surface area contributed by atoms with Crippen LogP contribution in [0.1, 0.15) is 33.5 Å². The van der Waals surface area contributed by atoms with Crippen LogP contribution in [0, 0.1) is 0 Å². The van der Waals surface area contributed by atoms with Gasteiger partial charge in [-0.25, -0.2) is 5.01 Å². The van der Waals surface area contributed by atoms with Gasteiger partial charge < -0.3 is 18.6 Å². The number of thiophene rings is 1. The Hall–Kier alpha value is -3.26. The number of hydrogen-bond acceptors (Lipinski definition) is 7. The van der Waals surface area contributed by atoms with Crippen molar-refractivity contribution in [1.82, 2.24) is 5.01 Å². The van der Waals surface area contributed by atoms with E-state index in [1.807, 2.05) is 29.6 Å². The van der Waals surface area contributed by atoms with Crippen molar-refractivity contribution in [3.63, 3.8) is 0 Å². The molecule has 0 radical (unpaired) electrons. The van der Waals surface area contributed by atoms with Gasteiger partial charge in [0.05, 0.1) is 39.3 Å². The molecule has 1 atom stereocenters. The maximum atomic E-state index is 13.0. The molecule has 3 heterocycles. The number of rotatable bonds is 6. The van der Waals surface area contributed by atoms with E-state index in [2.05, 4.69) is 5.10 Å². The lowest BCUT2D eigenvalue weighted by Gasteiger charge is -2.19. The highest BCUT2D eigenvalue weighted by Gasteiger charge is 2.35. The summed E-state index contributed by atoms with van der Waals surface area (Å²) >= 11 is 1.59. The summed E-state index contributed by atoms with van der Waals surface area (Å²) in [4.78, 5) is 14.0. The van der Waals surface area contributed by atoms with Gasteiger partial charge >= 0.3 is 5.91 Å². The van der Waals surface area contributed by atoms with Gasteiger partial charge in [0.1, 0.15) is 0 Å². The summed E-state index contributed by atoms with van der Waals surface area (Å²) in [5.41, 5.74) is 1.55. The maximum absolute atomic E-state index is 13.0. The SMILES string of the molecule is COc1cc(C2=NN(C(=O)c3ccco3)[C@H](c3cccs3)C2)cc(OC)c1OC. The van der Waals surface area contributed by atoms with Crippen molar-refractivity contribution in [3.05, 3.63) is 64.2 Å². The van der Waals surface area contributed by atoms with E-state index in [1.165, 1.54) is 11.3 Å². The molecule has 1 aliphatic rings. The summed E-state index contributed by atoms with van der Waals surface area (Å²) in [6, 6.07) is 10.8. The number of carbonyl (C=O) groups is 1. The van der Waals surface area contributed by atoms with Gasteiger partial charge in [-0.2, -0.15) is 5.10 Å². The van der Waals surface area contributed by atoms with Gasteiger partial charge in [0.25, 0.3) is 0 Å². The Morgan fingerprint density at radius 2 is 1.90 bits per heavy atom. The molecular formula is C21H20N2O5S. The lowest BCUT2D eigenvalue weighted by Crippen LogP contribution is -2.26. The van der Waals surface area contributed by atoms with Crippen molar-refractivity contribution in [2.75, 3.05) is 21.3 Å². The molecule has 3 aromatic rings. The Morgan fingerprint density at radius 3 is 2.45 bits per heavy atom. The molecule has 0 saturated carbocycles. The minimum absolute atomic E-state index is 0.207. The fourth-order valence-corrected chi connectivity index (χ4v) is 4.15. The van der Waals surface area contributed by atoms with Crippen LogP contribution >= 0.6 is 11.3 Å². The minimum atomic E-state index is -0.282. The van der Waals surface area contributed by atoms with Crippen LogP contribution < -0.4 is 14.2 Å². The van der Waals surface area contributed by atoms with Crippen LogP contribution in [0.2, 0.25) is 0 Å². The van der Waals surface area contributed by atoms with Gasteiger partial charge in [0, 0.05) is 16.9 Å². The minimum Gasteiger partial charge on any atom is -0.493 e. The van der Waals surface area contributed by atoms with E-state index >= 15 is 0 Å². The zero-order valence-electron chi connectivity index (χ0n) is 16.2. The topological polar surface area (TPSA) is 73.5 Å². The lowest BCUT2D eigenvalue weighted by atomic mass is 10.0. The molecule has 4 rings (SSSR count). The van der Waals surface area contributed by atoms with E-state index in [0.717, 1.165) is 16.2 Å². The van der Waals surface area contributed by atoms with Crippen molar-refractivity contribution >= 4 is 23.0 Å². The van der Waals surface area contributed by atoms with E-state index in [9.17, 15) is 4.79 Å². The van der Waals surface area contributed by atoms with Crippen molar-refractivity contribution in [3.8, 4) is 17.2 Å². The van der Waals surface area contributed by atoms with Gasteiger partial charge in [-0.1, -0.05) is 6.07 Å². The van der Waals surface area contributed by atoms with Crippen LogP contribution in [0.5, 0.6) is 17.2 Å². The normalized spacial score (nSPS) is 15.9. The highest BCUT2D eigenvalue weighted by atomic mass is 32.1. The average molecular weight is 412 g/mol. The van der Waals surface area contributed by atoms with Crippen molar-refractivity contribution < 1.29 is 23.4 Å². The predicted octanol–water partition coefficient (Wildman–Crippen LogP) is 4.36. The number of methoxy groups -OCH3 is 3. The fourth-order valence-electron chi connectivity index (χ4n) is 3.34. The molecule has 0 bridgehead atoms. The summed E-state index contributed by atoms with van der Waals surface area (Å²) in [7, 11) is 4.70. The van der Waals surface area contributed by atoms with Crippen molar-refractivity contribution in [2.45, 2.75) is 12.5 Å². The monoisotopic (exact) mass is 412 g/mol. The molecule has 1 amide bonds. The summed E-state index contributed by atoms with van der Waals surface area (Å²) in [6.45, 7) is 0. The first kappa shape index (κ1) is 19.1. The molecule has 1 aromatic carbocycles. The summed E-state index contributed by atoms with van der Waals surface area (Å²) < 4.78 is 21.6. The van der Waals surface area contributed by atoms with Crippen molar-refractivity contribution in [2.24, 2.45) is 5.10 Å². The zero-order chi connectivity index (χ0) is 20.4. The molecule has 0 aliphatic carbocycles. The maximum Gasteiger partial charge on any atom is 0.310 e. The highest BCUT2D eigenvalue weighted by Crippen LogP contribution is 2.41. The molecule has 0 fully saturated rings. The number of benzene rings is 1. The summed E-state index contributed by atoms with van der Waals surface area (Å²) in [6.07, 6.45) is 2.04. The van der Waals surface area contributed by atoms with E-state index in [1.54, 1.807) is 44.8 Å². The molecule has 0 N–H and O–H groups in total. The van der Waals surface area contributed by atoms with Gasteiger partial charge in [-0.15, -0.1) is 11.3 Å². The molecule has 8 heteroatoms. The van der Waals surface area contributed by atoms with Crippen LogP contribution in [-0.4, -0.2) is 38.0 Å². The smallest absolute Gasteiger partial charge is 0.310 e. The first-order valence-electron chi connectivity index (χ1n) is 8.94. The Morgan fingerprint density at radius 1 is 1.14 bits per heavy atom. The quantitative estimate of drug-likeness (QED) is 0.602. The lowest BCUT2D eigenvalue weighted by molar-refractivity contribution is 0.0681. The number of nitrogens with zero attached hydrogens (tertiary/aromatic N) is 2. The fraction of sp³-hybridized carbons (Fsp3) is 0.238. The predicted molar refractivity (Wildman–Crippen MR) is 109 cm³/mol. The van der Waals surface area contributed by atoms with Crippen LogP contribution in [-0.2, 0) is 0 Å². The standard InChI is InChI=1S/C21H20N2O5S/c1-25-17-10-13(11-18(26-2)20(17)27-3)14-12-15(19-7-5-9-29-19)23(22-14)21(24)16-6-4-8-28-16/h4-11,15H,12H2,1-3H3/t15-/m0/s1. The molecule has 29 heavy (non-hydrogen) atoms. The Balaban J connectivity index is 1.76. The van der Waals surface area contributed by atoms with Crippen LogP contribution in [0.15, 0.2) is 57.6 Å². The van der Waals surface area contributed by atoms with Crippen LogP contribution in [0.25, 0.3) is 0 Å². The number of hydrogen-bond donors (Lipinski definition) is 0. The van der Waals surface area contributed by atoms with E-state index < -0.39 is 0 Å². The second-order valence-electron chi connectivity index (χ2n) is 6.32. The van der Waals surface area contributed by atoms with Gasteiger partial charge in [0.15, 0.2) is 17.3 Å². The molecule has 2 aromatic heterocycles. The van der Waals surface area contributed by atoms with Gasteiger partial charge in [0.2, 0.25) is 5.75 Å². The number of amides is 1. The molecule has 150 valence electrons. The molecule has 0 unspecified atom stereocenters. The summed E-state index contributed by atoms with van der Waals surface area (Å²) in [5.74, 6) is 1.55. The van der Waals surface area contributed by atoms with E-state index in [-0.39, 0.29) is 17.7 Å². The van der Waals surface area contributed by atoms with Gasteiger partial charge in [-0.3, -0.25) is 4.79 Å². The number of hydrazone groups is 1. The first-order valence-corrected chi connectivity index (χ1v) is 9.82. The first-order chi connectivity index (χ1) is 14.2. The zero-order valence-corrected chi connectivity index (χ0v) is 17.1. The Labute approximate surface area is 172 Å². The largest absolute Gasteiger partial charge is 0.493 e. The van der Waals surface area contributed by atoms with Crippen molar-refractivity contribution in [1.29, 1.82) is 0 Å². The molecule has 7 nitrogen and oxygen atoms in total. The summed E-state index contributed by atoms with van der Waals surface area (Å²) in [5, 5.41) is 8.13. The van der Waals surface area contributed by atoms with E-state index in [0.29, 0.717) is 23.7 Å². The number of carbonyl (C=O) groups excluding carboxylic acids is 1. The molecule has 1 aliphatic heterocycles.